The second-order valence-corrected chi connectivity index (χ2v) is 7.66. The lowest BCUT2D eigenvalue weighted by Gasteiger charge is -2.11. The molecule has 0 bridgehead atoms. The van der Waals surface area contributed by atoms with Gasteiger partial charge in [0.05, 0.1) is 20.8 Å². The SMILES string of the molecule is COc1ccc(OC)c(S(=O)(=O)NCc2nc3c([nH]2)c(=O)n(C)c(=O)n3C)c1. The number of aromatic nitrogens is 4. The van der Waals surface area contributed by atoms with Crippen LogP contribution in [0.5, 0.6) is 11.5 Å². The van der Waals surface area contributed by atoms with Gasteiger partial charge in [-0.05, 0) is 12.1 Å². The zero-order chi connectivity index (χ0) is 20.6. The van der Waals surface area contributed by atoms with Gasteiger partial charge < -0.3 is 14.5 Å². The van der Waals surface area contributed by atoms with E-state index >= 15 is 0 Å². The summed E-state index contributed by atoms with van der Waals surface area (Å²) in [6.45, 7) is -0.227. The Labute approximate surface area is 159 Å². The van der Waals surface area contributed by atoms with Gasteiger partial charge in [0.2, 0.25) is 10.0 Å². The van der Waals surface area contributed by atoms with Crippen LogP contribution < -0.4 is 25.4 Å². The zero-order valence-electron chi connectivity index (χ0n) is 15.6. The first-order valence-corrected chi connectivity index (χ1v) is 9.54. The van der Waals surface area contributed by atoms with E-state index in [2.05, 4.69) is 14.7 Å². The van der Waals surface area contributed by atoms with E-state index in [-0.39, 0.29) is 34.2 Å². The Kier molecular flexibility index (Phi) is 5.00. The third-order valence-electron chi connectivity index (χ3n) is 4.23. The number of benzene rings is 1. The summed E-state index contributed by atoms with van der Waals surface area (Å²) < 4.78 is 40.1. The highest BCUT2D eigenvalue weighted by molar-refractivity contribution is 7.89. The molecule has 11 nitrogen and oxygen atoms in total. The van der Waals surface area contributed by atoms with E-state index < -0.39 is 21.3 Å². The van der Waals surface area contributed by atoms with Crippen LogP contribution in [0.2, 0.25) is 0 Å². The van der Waals surface area contributed by atoms with Crippen molar-refractivity contribution in [2.24, 2.45) is 14.1 Å². The number of hydrogen-bond acceptors (Lipinski definition) is 7. The molecule has 3 aromatic rings. The molecule has 0 radical (unpaired) electrons. The summed E-state index contributed by atoms with van der Waals surface area (Å²) in [5.41, 5.74) is -0.828. The highest BCUT2D eigenvalue weighted by Gasteiger charge is 2.21. The molecule has 12 heteroatoms. The number of imidazole rings is 1. The van der Waals surface area contributed by atoms with Crippen molar-refractivity contribution < 1.29 is 17.9 Å². The van der Waals surface area contributed by atoms with Crippen LogP contribution in [0, 0.1) is 0 Å². The molecular weight excluding hydrogens is 390 g/mol. The number of hydrogen-bond donors (Lipinski definition) is 2. The molecule has 2 N–H and O–H groups in total. The summed E-state index contributed by atoms with van der Waals surface area (Å²) in [4.78, 5) is 31.0. The van der Waals surface area contributed by atoms with Crippen LogP contribution in [0.15, 0.2) is 32.7 Å². The predicted octanol–water partition coefficient (Wildman–Crippen LogP) is -0.544. The summed E-state index contributed by atoms with van der Waals surface area (Å²) in [7, 11) is 1.63. The molecule has 0 aliphatic carbocycles. The number of H-pyrrole nitrogens is 1. The van der Waals surface area contributed by atoms with Crippen molar-refractivity contribution in [1.82, 2.24) is 23.8 Å². The van der Waals surface area contributed by atoms with Crippen molar-refractivity contribution in [3.63, 3.8) is 0 Å². The van der Waals surface area contributed by atoms with Crippen molar-refractivity contribution in [2.75, 3.05) is 14.2 Å². The maximum atomic E-state index is 12.7. The zero-order valence-corrected chi connectivity index (χ0v) is 16.5. The van der Waals surface area contributed by atoms with Crippen LogP contribution in [0.25, 0.3) is 11.2 Å². The normalized spacial score (nSPS) is 11.7. The minimum Gasteiger partial charge on any atom is -0.497 e. The summed E-state index contributed by atoms with van der Waals surface area (Å²) in [5, 5.41) is 0. The molecule has 0 atom stereocenters. The topological polar surface area (TPSA) is 137 Å². The Hall–Kier alpha value is -3.12. The number of sulfonamides is 1. The molecule has 2 heterocycles. The van der Waals surface area contributed by atoms with Crippen molar-refractivity contribution >= 4 is 21.2 Å². The summed E-state index contributed by atoms with van der Waals surface area (Å²) in [6.07, 6.45) is 0. The lowest BCUT2D eigenvalue weighted by atomic mass is 10.3. The van der Waals surface area contributed by atoms with Crippen LogP contribution in [0.3, 0.4) is 0 Å². The Morgan fingerprint density at radius 3 is 2.50 bits per heavy atom. The van der Waals surface area contributed by atoms with Crippen LogP contribution in [-0.2, 0) is 30.7 Å². The molecule has 0 aliphatic heterocycles. The maximum absolute atomic E-state index is 12.7. The third-order valence-corrected chi connectivity index (χ3v) is 5.66. The third kappa shape index (κ3) is 3.27. The molecule has 0 spiro atoms. The van der Waals surface area contributed by atoms with Gasteiger partial charge in [0.15, 0.2) is 5.65 Å². The molecule has 0 aliphatic rings. The smallest absolute Gasteiger partial charge is 0.332 e. The Balaban J connectivity index is 1.96. The molecule has 150 valence electrons. The predicted molar refractivity (Wildman–Crippen MR) is 100 cm³/mol. The minimum atomic E-state index is -3.97. The van der Waals surface area contributed by atoms with Gasteiger partial charge in [0.25, 0.3) is 5.56 Å². The van der Waals surface area contributed by atoms with Gasteiger partial charge in [-0.2, -0.15) is 0 Å². The summed E-state index contributed by atoms with van der Waals surface area (Å²) in [6, 6.07) is 4.39. The Morgan fingerprint density at radius 2 is 1.86 bits per heavy atom. The van der Waals surface area contributed by atoms with Crippen molar-refractivity contribution in [2.45, 2.75) is 11.4 Å². The number of ether oxygens (including phenoxy) is 2. The van der Waals surface area contributed by atoms with Crippen LogP contribution in [0.1, 0.15) is 5.82 Å². The highest BCUT2D eigenvalue weighted by atomic mass is 32.2. The van der Waals surface area contributed by atoms with Gasteiger partial charge in [-0.1, -0.05) is 0 Å². The van der Waals surface area contributed by atoms with E-state index in [4.69, 9.17) is 9.47 Å². The van der Waals surface area contributed by atoms with Gasteiger partial charge in [-0.15, -0.1) is 0 Å². The number of aryl methyl sites for hydroxylation is 1. The number of nitrogens with one attached hydrogen (secondary N) is 2. The lowest BCUT2D eigenvalue weighted by Crippen LogP contribution is -2.36. The molecule has 3 rings (SSSR count). The molecule has 0 unspecified atom stereocenters. The minimum absolute atomic E-state index is 0.103. The fraction of sp³-hybridized carbons (Fsp3) is 0.312. The molecule has 2 aromatic heterocycles. The molecule has 28 heavy (non-hydrogen) atoms. The monoisotopic (exact) mass is 409 g/mol. The van der Waals surface area contributed by atoms with E-state index in [0.29, 0.717) is 5.75 Å². The molecule has 0 amide bonds. The summed E-state index contributed by atoms with van der Waals surface area (Å²) >= 11 is 0. The number of rotatable bonds is 6. The largest absolute Gasteiger partial charge is 0.497 e. The fourth-order valence-electron chi connectivity index (χ4n) is 2.69. The van der Waals surface area contributed by atoms with Gasteiger partial charge in [0.1, 0.15) is 27.7 Å². The van der Waals surface area contributed by atoms with Crippen LogP contribution >= 0.6 is 0 Å². The fourth-order valence-corrected chi connectivity index (χ4v) is 3.86. The van der Waals surface area contributed by atoms with Gasteiger partial charge in [-0.3, -0.25) is 13.9 Å². The number of aromatic amines is 1. The van der Waals surface area contributed by atoms with E-state index in [0.717, 1.165) is 4.57 Å². The average Bonchev–Trinajstić information content (AvgIpc) is 3.13. The molecule has 0 saturated heterocycles. The van der Waals surface area contributed by atoms with Crippen molar-refractivity contribution in [3.8, 4) is 11.5 Å². The molecular formula is C16H19N5O6S. The number of nitrogens with zero attached hydrogens (tertiary/aromatic N) is 3. The van der Waals surface area contributed by atoms with Gasteiger partial charge >= 0.3 is 5.69 Å². The Bertz CT molecular complexity index is 1270. The van der Waals surface area contributed by atoms with Gasteiger partial charge in [-0.25, -0.2) is 22.9 Å². The first-order chi connectivity index (χ1) is 13.2. The van der Waals surface area contributed by atoms with E-state index in [9.17, 15) is 18.0 Å². The quantitative estimate of drug-likeness (QED) is 0.557. The molecule has 0 saturated carbocycles. The average molecular weight is 409 g/mol. The Morgan fingerprint density at radius 1 is 1.14 bits per heavy atom. The number of fused-ring (bicyclic) bond motifs is 1. The van der Waals surface area contributed by atoms with Crippen LogP contribution in [0.4, 0.5) is 0 Å². The van der Waals surface area contributed by atoms with Gasteiger partial charge in [0, 0.05) is 20.2 Å². The maximum Gasteiger partial charge on any atom is 0.332 e. The first kappa shape index (κ1) is 19.6. The van der Waals surface area contributed by atoms with Crippen LogP contribution in [-0.4, -0.2) is 41.7 Å². The highest BCUT2D eigenvalue weighted by Crippen LogP contribution is 2.28. The lowest BCUT2D eigenvalue weighted by molar-refractivity contribution is 0.392. The van der Waals surface area contributed by atoms with Crippen molar-refractivity contribution in [1.29, 1.82) is 0 Å². The van der Waals surface area contributed by atoms with E-state index in [1.807, 2.05) is 0 Å². The molecule has 0 fully saturated rings. The number of methoxy groups -OCH3 is 2. The van der Waals surface area contributed by atoms with Crippen molar-refractivity contribution in [3.05, 3.63) is 44.9 Å². The standard InChI is InChI=1S/C16H19N5O6S/c1-20-14-13(15(22)21(2)16(20)23)18-12(19-14)8-17-28(24,25)11-7-9(26-3)5-6-10(11)27-4/h5-7,17H,8H2,1-4H3,(H,18,19). The second kappa shape index (κ2) is 7.13. The van der Waals surface area contributed by atoms with E-state index in [1.165, 1.54) is 45.0 Å². The van der Waals surface area contributed by atoms with E-state index in [1.54, 1.807) is 6.07 Å². The first-order valence-electron chi connectivity index (χ1n) is 8.06. The second-order valence-electron chi connectivity index (χ2n) is 5.93. The molecule has 1 aromatic carbocycles. The summed E-state index contributed by atoms with van der Waals surface area (Å²) in [5.74, 6) is 0.677.